The van der Waals surface area contributed by atoms with Gasteiger partial charge in [0, 0.05) is 60.7 Å². The van der Waals surface area contributed by atoms with Crippen LogP contribution in [0.2, 0.25) is 0 Å². The van der Waals surface area contributed by atoms with E-state index in [0.29, 0.717) is 41.7 Å². The fourth-order valence-corrected chi connectivity index (χ4v) is 5.48. The number of carbonyl (C=O) groups is 2. The molecule has 1 fully saturated rings. The molecule has 2 aliphatic heterocycles. The van der Waals surface area contributed by atoms with E-state index < -0.39 is 6.03 Å². The van der Waals surface area contributed by atoms with Crippen LogP contribution in [0.3, 0.4) is 0 Å². The lowest BCUT2D eigenvalue weighted by molar-refractivity contribution is 0.0943. The number of benzene rings is 2. The number of rotatable bonds is 6. The molecule has 3 aromatic rings. The van der Waals surface area contributed by atoms with Crippen molar-refractivity contribution in [3.05, 3.63) is 82.3 Å². The van der Waals surface area contributed by atoms with Crippen molar-refractivity contribution in [3.8, 4) is 5.75 Å². The molecule has 3 heterocycles. The molecule has 0 aliphatic carbocycles. The Balaban J connectivity index is 1.44. The van der Waals surface area contributed by atoms with Gasteiger partial charge >= 0.3 is 6.03 Å². The molecular formula is C29H33N5O4. The molecule has 1 aromatic heterocycles. The summed E-state index contributed by atoms with van der Waals surface area (Å²) in [5.74, 6) is 0.948. The molecule has 1 saturated heterocycles. The molecular weight excluding hydrogens is 482 g/mol. The van der Waals surface area contributed by atoms with Crippen LogP contribution in [0, 0.1) is 5.92 Å². The average Bonchev–Trinajstić information content (AvgIpc) is 2.89. The number of pyridine rings is 1. The summed E-state index contributed by atoms with van der Waals surface area (Å²) in [7, 11) is 1.57. The van der Waals surface area contributed by atoms with Crippen LogP contribution in [-0.4, -0.2) is 42.7 Å². The second kappa shape index (κ2) is 10.6. The van der Waals surface area contributed by atoms with Crippen LogP contribution in [0.5, 0.6) is 5.75 Å². The number of hydrogen-bond donors (Lipinski definition) is 3. The fraction of sp³-hybridized carbons (Fsp3) is 0.345. The number of nitrogens with one attached hydrogen (secondary N) is 3. The minimum atomic E-state index is -0.421. The number of methoxy groups -OCH3 is 1. The number of urea groups is 1. The first-order valence-corrected chi connectivity index (χ1v) is 12.9. The monoisotopic (exact) mass is 515 g/mol. The van der Waals surface area contributed by atoms with Gasteiger partial charge < -0.3 is 30.2 Å². The lowest BCUT2D eigenvalue weighted by Gasteiger charge is -2.44. The van der Waals surface area contributed by atoms with Gasteiger partial charge in [-0.1, -0.05) is 12.1 Å². The molecule has 5 rings (SSSR count). The van der Waals surface area contributed by atoms with Gasteiger partial charge in [0.2, 0.25) is 0 Å². The minimum absolute atomic E-state index is 0.0140. The van der Waals surface area contributed by atoms with Crippen LogP contribution in [-0.2, 0) is 6.54 Å². The van der Waals surface area contributed by atoms with Crippen molar-refractivity contribution in [3.63, 3.8) is 0 Å². The maximum absolute atomic E-state index is 13.1. The van der Waals surface area contributed by atoms with Crippen LogP contribution >= 0.6 is 0 Å². The number of anilines is 3. The molecule has 3 amide bonds. The first-order chi connectivity index (χ1) is 18.3. The Morgan fingerprint density at radius 1 is 0.974 bits per heavy atom. The van der Waals surface area contributed by atoms with Gasteiger partial charge in [-0.3, -0.25) is 9.59 Å². The predicted molar refractivity (Wildman–Crippen MR) is 148 cm³/mol. The van der Waals surface area contributed by atoms with Gasteiger partial charge in [-0.2, -0.15) is 0 Å². The summed E-state index contributed by atoms with van der Waals surface area (Å²) in [5, 5.41) is 8.73. The minimum Gasteiger partial charge on any atom is -0.497 e. The highest BCUT2D eigenvalue weighted by atomic mass is 16.5. The lowest BCUT2D eigenvalue weighted by Crippen LogP contribution is -2.47. The topological polar surface area (TPSA) is 105 Å². The van der Waals surface area contributed by atoms with Crippen molar-refractivity contribution in [1.29, 1.82) is 0 Å². The molecule has 38 heavy (non-hydrogen) atoms. The third-order valence-electron chi connectivity index (χ3n) is 7.07. The van der Waals surface area contributed by atoms with E-state index in [0.717, 1.165) is 24.3 Å². The number of aromatic nitrogens is 1. The zero-order valence-corrected chi connectivity index (χ0v) is 21.9. The second-order valence-electron chi connectivity index (χ2n) is 10.3. The molecule has 2 aromatic carbocycles. The molecule has 0 unspecified atom stereocenters. The van der Waals surface area contributed by atoms with Gasteiger partial charge in [0.25, 0.3) is 11.5 Å². The third-order valence-corrected chi connectivity index (χ3v) is 7.07. The summed E-state index contributed by atoms with van der Waals surface area (Å²) in [6.45, 7) is 5.95. The van der Waals surface area contributed by atoms with E-state index in [9.17, 15) is 14.4 Å². The maximum atomic E-state index is 13.1. The largest absolute Gasteiger partial charge is 0.497 e. The van der Waals surface area contributed by atoms with Crippen LogP contribution in [0.15, 0.2) is 65.5 Å². The van der Waals surface area contributed by atoms with Crippen molar-refractivity contribution < 1.29 is 14.3 Å². The highest BCUT2D eigenvalue weighted by molar-refractivity contribution is 6.04. The summed E-state index contributed by atoms with van der Waals surface area (Å²) < 4.78 is 7.15. The van der Waals surface area contributed by atoms with E-state index >= 15 is 0 Å². The SMILES string of the molecule is COc1cccc(NC(=O)Nc2cc(C(=O)NC(C)C)ccc2N2C[C@H]3C[C@@H](C2)c2cccc(=O)n2C3)c1. The van der Waals surface area contributed by atoms with Gasteiger partial charge in [0.1, 0.15) is 5.75 Å². The van der Waals surface area contributed by atoms with Crippen molar-refractivity contribution >= 4 is 29.0 Å². The number of ether oxygens (including phenoxy) is 1. The summed E-state index contributed by atoms with van der Waals surface area (Å²) in [6.07, 6.45) is 1.02. The quantitative estimate of drug-likeness (QED) is 0.455. The zero-order valence-electron chi connectivity index (χ0n) is 21.9. The van der Waals surface area contributed by atoms with Gasteiger partial charge in [-0.25, -0.2) is 4.79 Å². The summed E-state index contributed by atoms with van der Waals surface area (Å²) >= 11 is 0. The van der Waals surface area contributed by atoms with Crippen molar-refractivity contribution in [1.82, 2.24) is 9.88 Å². The van der Waals surface area contributed by atoms with Crippen molar-refractivity contribution in [2.24, 2.45) is 5.92 Å². The van der Waals surface area contributed by atoms with Crippen molar-refractivity contribution in [2.45, 2.75) is 38.8 Å². The molecule has 2 bridgehead atoms. The van der Waals surface area contributed by atoms with Gasteiger partial charge in [0.05, 0.1) is 18.5 Å². The van der Waals surface area contributed by atoms with E-state index in [-0.39, 0.29) is 23.4 Å². The van der Waals surface area contributed by atoms with Crippen LogP contribution in [0.25, 0.3) is 0 Å². The normalized spacial score (nSPS) is 17.9. The first kappa shape index (κ1) is 25.4. The molecule has 9 heteroatoms. The highest BCUT2D eigenvalue weighted by Gasteiger charge is 2.35. The summed E-state index contributed by atoms with van der Waals surface area (Å²) in [4.78, 5) is 40.5. The predicted octanol–water partition coefficient (Wildman–Crippen LogP) is 4.26. The molecule has 198 valence electrons. The smallest absolute Gasteiger partial charge is 0.323 e. The van der Waals surface area contributed by atoms with E-state index in [1.54, 1.807) is 49.6 Å². The number of hydrogen-bond acceptors (Lipinski definition) is 5. The molecule has 2 atom stereocenters. The molecule has 0 radical (unpaired) electrons. The first-order valence-electron chi connectivity index (χ1n) is 12.9. The Hall–Kier alpha value is -4.27. The molecule has 2 aliphatic rings. The van der Waals surface area contributed by atoms with E-state index in [2.05, 4.69) is 20.9 Å². The maximum Gasteiger partial charge on any atom is 0.323 e. The standard InChI is InChI=1S/C29H33N5O4/c1-18(2)30-28(36)20-10-11-26(24(13-20)32-29(37)31-22-6-4-7-23(14-22)38-3)33-15-19-12-21(17-33)25-8-5-9-27(35)34(25)16-19/h4-11,13-14,18-19,21H,12,15-17H2,1-3H3,(H,30,36)(H2,31,32,37)/t19-,21+/m1/s1. The number of piperidine rings is 1. The number of fused-ring (bicyclic) bond motifs is 4. The third kappa shape index (κ3) is 5.37. The Labute approximate surface area is 221 Å². The average molecular weight is 516 g/mol. The Morgan fingerprint density at radius 2 is 1.79 bits per heavy atom. The van der Waals surface area contributed by atoms with Gasteiger partial charge in [-0.05, 0) is 62.6 Å². The number of carbonyl (C=O) groups excluding carboxylic acids is 2. The molecule has 9 nitrogen and oxygen atoms in total. The molecule has 0 saturated carbocycles. The zero-order chi connectivity index (χ0) is 26.8. The summed E-state index contributed by atoms with van der Waals surface area (Å²) in [6, 6.07) is 17.6. The van der Waals surface area contributed by atoms with Crippen LogP contribution < -0.4 is 31.1 Å². The van der Waals surface area contributed by atoms with Crippen LogP contribution in [0.1, 0.15) is 42.2 Å². The highest BCUT2D eigenvalue weighted by Crippen LogP contribution is 2.39. The number of nitrogens with zero attached hydrogens (tertiary/aromatic N) is 2. The van der Waals surface area contributed by atoms with E-state index in [1.165, 1.54) is 0 Å². The Morgan fingerprint density at radius 3 is 2.58 bits per heavy atom. The second-order valence-corrected chi connectivity index (χ2v) is 10.3. The van der Waals surface area contributed by atoms with E-state index in [4.69, 9.17) is 4.74 Å². The van der Waals surface area contributed by atoms with Gasteiger partial charge in [0.15, 0.2) is 0 Å². The number of amides is 3. The fourth-order valence-electron chi connectivity index (χ4n) is 5.48. The van der Waals surface area contributed by atoms with E-state index in [1.807, 2.05) is 36.6 Å². The van der Waals surface area contributed by atoms with Crippen molar-refractivity contribution in [2.75, 3.05) is 35.7 Å². The molecule has 0 spiro atoms. The summed E-state index contributed by atoms with van der Waals surface area (Å²) in [5.41, 5.74) is 3.54. The van der Waals surface area contributed by atoms with Gasteiger partial charge in [-0.15, -0.1) is 0 Å². The van der Waals surface area contributed by atoms with Crippen LogP contribution in [0.4, 0.5) is 21.9 Å². The Bertz CT molecular complexity index is 1420. The molecule has 3 N–H and O–H groups in total. The lowest BCUT2D eigenvalue weighted by atomic mass is 9.83. The Kier molecular flexibility index (Phi) is 7.09.